The third-order valence-corrected chi connectivity index (χ3v) is 2.94. The van der Waals surface area contributed by atoms with E-state index in [1.54, 1.807) is 7.11 Å². The molecule has 1 atom stereocenters. The second-order valence-corrected chi connectivity index (χ2v) is 4.48. The highest BCUT2D eigenvalue weighted by Crippen LogP contribution is 2.09. The number of methoxy groups -OCH3 is 1. The molecule has 0 unspecified atom stereocenters. The lowest BCUT2D eigenvalue weighted by Crippen LogP contribution is -2.33. The van der Waals surface area contributed by atoms with Gasteiger partial charge in [0, 0.05) is 26.2 Å². The zero-order chi connectivity index (χ0) is 11.8. The topological polar surface area (TPSA) is 30.9 Å². The predicted molar refractivity (Wildman–Crippen MR) is 63.8 cm³/mol. The standard InChI is InChI=1S/C12H25NO3/c1-11(2)13-5-4-12(16-7-6-13)10-15-9-8-14-3/h11-12H,4-10H2,1-3H3/t12-/m0/s1. The summed E-state index contributed by atoms with van der Waals surface area (Å²) < 4.78 is 16.2. The fraction of sp³-hybridized carbons (Fsp3) is 1.00. The Balaban J connectivity index is 2.15. The summed E-state index contributed by atoms with van der Waals surface area (Å²) in [4.78, 5) is 2.45. The lowest BCUT2D eigenvalue weighted by Gasteiger charge is -2.23. The highest BCUT2D eigenvalue weighted by Gasteiger charge is 2.18. The van der Waals surface area contributed by atoms with Crippen LogP contribution < -0.4 is 0 Å². The van der Waals surface area contributed by atoms with Crippen LogP contribution in [0.1, 0.15) is 20.3 Å². The van der Waals surface area contributed by atoms with Gasteiger partial charge in [0.05, 0.1) is 32.5 Å². The lowest BCUT2D eigenvalue weighted by molar-refractivity contribution is -0.0221. The molecule has 0 saturated carbocycles. The molecule has 0 aromatic rings. The molecule has 1 fully saturated rings. The molecule has 1 aliphatic rings. The van der Waals surface area contributed by atoms with Crippen LogP contribution in [0.25, 0.3) is 0 Å². The van der Waals surface area contributed by atoms with E-state index in [9.17, 15) is 0 Å². The van der Waals surface area contributed by atoms with Gasteiger partial charge in [-0.15, -0.1) is 0 Å². The van der Waals surface area contributed by atoms with Crippen molar-refractivity contribution in [1.82, 2.24) is 4.90 Å². The molecule has 0 N–H and O–H groups in total. The first-order chi connectivity index (χ1) is 7.74. The minimum atomic E-state index is 0.251. The zero-order valence-electron chi connectivity index (χ0n) is 10.8. The maximum absolute atomic E-state index is 5.76. The molecule has 16 heavy (non-hydrogen) atoms. The third-order valence-electron chi connectivity index (χ3n) is 2.94. The maximum atomic E-state index is 5.76. The van der Waals surface area contributed by atoms with Crippen LogP contribution in [0.3, 0.4) is 0 Å². The van der Waals surface area contributed by atoms with Gasteiger partial charge >= 0.3 is 0 Å². The monoisotopic (exact) mass is 231 g/mol. The summed E-state index contributed by atoms with van der Waals surface area (Å²) in [6, 6.07) is 0.608. The molecule has 1 rings (SSSR count). The summed E-state index contributed by atoms with van der Waals surface area (Å²) >= 11 is 0. The van der Waals surface area contributed by atoms with Gasteiger partial charge in [-0.3, -0.25) is 4.90 Å². The summed E-state index contributed by atoms with van der Waals surface area (Å²) in [5.74, 6) is 0. The summed E-state index contributed by atoms with van der Waals surface area (Å²) in [7, 11) is 1.69. The first-order valence-electron chi connectivity index (χ1n) is 6.16. The summed E-state index contributed by atoms with van der Waals surface area (Å²) in [5, 5.41) is 0. The minimum absolute atomic E-state index is 0.251. The van der Waals surface area contributed by atoms with Gasteiger partial charge in [0.2, 0.25) is 0 Å². The van der Waals surface area contributed by atoms with Gasteiger partial charge in [0.1, 0.15) is 0 Å². The molecule has 1 aliphatic heterocycles. The fourth-order valence-corrected chi connectivity index (χ4v) is 1.85. The molecular weight excluding hydrogens is 206 g/mol. The van der Waals surface area contributed by atoms with Gasteiger partial charge < -0.3 is 14.2 Å². The van der Waals surface area contributed by atoms with E-state index in [0.29, 0.717) is 25.9 Å². The molecule has 4 heteroatoms. The van der Waals surface area contributed by atoms with Crippen LogP contribution >= 0.6 is 0 Å². The van der Waals surface area contributed by atoms with E-state index in [-0.39, 0.29) is 6.10 Å². The van der Waals surface area contributed by atoms with Crippen molar-refractivity contribution in [1.29, 1.82) is 0 Å². The Hall–Kier alpha value is -0.160. The van der Waals surface area contributed by atoms with Crippen LogP contribution in [0.15, 0.2) is 0 Å². The van der Waals surface area contributed by atoms with Crippen molar-refractivity contribution < 1.29 is 14.2 Å². The van der Waals surface area contributed by atoms with Gasteiger partial charge in [0.25, 0.3) is 0 Å². The van der Waals surface area contributed by atoms with E-state index in [1.165, 1.54) is 0 Å². The Morgan fingerprint density at radius 3 is 2.81 bits per heavy atom. The van der Waals surface area contributed by atoms with Crippen molar-refractivity contribution in [3.05, 3.63) is 0 Å². The zero-order valence-corrected chi connectivity index (χ0v) is 10.8. The SMILES string of the molecule is COCCOC[C@@H]1CCN(C(C)C)CCO1. The summed E-state index contributed by atoms with van der Waals surface area (Å²) in [5.41, 5.74) is 0. The second-order valence-electron chi connectivity index (χ2n) is 4.48. The summed E-state index contributed by atoms with van der Waals surface area (Å²) in [6.45, 7) is 9.42. The van der Waals surface area contributed by atoms with Crippen molar-refractivity contribution in [2.24, 2.45) is 0 Å². The maximum Gasteiger partial charge on any atom is 0.0821 e. The van der Waals surface area contributed by atoms with Gasteiger partial charge in [0.15, 0.2) is 0 Å². The van der Waals surface area contributed by atoms with Crippen LogP contribution in [0.4, 0.5) is 0 Å². The van der Waals surface area contributed by atoms with E-state index < -0.39 is 0 Å². The smallest absolute Gasteiger partial charge is 0.0821 e. The molecule has 0 bridgehead atoms. The predicted octanol–water partition coefficient (Wildman–Crippen LogP) is 1.15. The third kappa shape index (κ3) is 5.25. The molecule has 1 heterocycles. The molecule has 1 saturated heterocycles. The number of rotatable bonds is 6. The highest BCUT2D eigenvalue weighted by molar-refractivity contribution is 4.70. The molecule has 0 aliphatic carbocycles. The molecule has 96 valence electrons. The van der Waals surface area contributed by atoms with E-state index in [2.05, 4.69) is 18.7 Å². The quantitative estimate of drug-likeness (QED) is 0.642. The van der Waals surface area contributed by atoms with Crippen LogP contribution in [0.5, 0.6) is 0 Å². The Bertz CT molecular complexity index is 176. The van der Waals surface area contributed by atoms with Gasteiger partial charge in [-0.05, 0) is 20.3 Å². The molecule has 0 aromatic heterocycles. The van der Waals surface area contributed by atoms with E-state index in [4.69, 9.17) is 14.2 Å². The normalized spacial score (nSPS) is 23.6. The van der Waals surface area contributed by atoms with Crippen LogP contribution in [-0.2, 0) is 14.2 Å². The Labute approximate surface area is 98.8 Å². The van der Waals surface area contributed by atoms with Gasteiger partial charge in [-0.1, -0.05) is 0 Å². The Kier molecular flexibility index (Phi) is 6.96. The molecular formula is C12H25NO3. The summed E-state index contributed by atoms with van der Waals surface area (Å²) in [6.07, 6.45) is 1.31. The molecule has 0 spiro atoms. The number of ether oxygens (including phenoxy) is 3. The van der Waals surface area contributed by atoms with Crippen molar-refractivity contribution in [2.45, 2.75) is 32.4 Å². The molecule has 0 aromatic carbocycles. The van der Waals surface area contributed by atoms with Gasteiger partial charge in [-0.25, -0.2) is 0 Å². The number of nitrogens with zero attached hydrogens (tertiary/aromatic N) is 1. The van der Waals surface area contributed by atoms with Crippen molar-refractivity contribution in [2.75, 3.05) is 46.6 Å². The second kappa shape index (κ2) is 8.01. The van der Waals surface area contributed by atoms with Crippen LogP contribution in [0, 0.1) is 0 Å². The molecule has 4 nitrogen and oxygen atoms in total. The van der Waals surface area contributed by atoms with E-state index in [0.717, 1.165) is 26.1 Å². The number of hydrogen-bond acceptors (Lipinski definition) is 4. The highest BCUT2D eigenvalue weighted by atomic mass is 16.5. The largest absolute Gasteiger partial charge is 0.382 e. The van der Waals surface area contributed by atoms with E-state index in [1.807, 2.05) is 0 Å². The van der Waals surface area contributed by atoms with Crippen molar-refractivity contribution in [3.8, 4) is 0 Å². The average molecular weight is 231 g/mol. The Morgan fingerprint density at radius 2 is 2.12 bits per heavy atom. The van der Waals surface area contributed by atoms with Gasteiger partial charge in [-0.2, -0.15) is 0 Å². The van der Waals surface area contributed by atoms with Crippen LogP contribution in [0.2, 0.25) is 0 Å². The lowest BCUT2D eigenvalue weighted by atomic mass is 10.2. The Morgan fingerprint density at radius 1 is 1.31 bits per heavy atom. The average Bonchev–Trinajstić information content (AvgIpc) is 2.50. The fourth-order valence-electron chi connectivity index (χ4n) is 1.85. The molecule has 0 radical (unpaired) electrons. The minimum Gasteiger partial charge on any atom is -0.382 e. The van der Waals surface area contributed by atoms with Crippen LogP contribution in [-0.4, -0.2) is 63.7 Å². The molecule has 0 amide bonds. The first kappa shape index (κ1) is 13.9. The van der Waals surface area contributed by atoms with E-state index >= 15 is 0 Å². The van der Waals surface area contributed by atoms with Crippen molar-refractivity contribution >= 4 is 0 Å². The first-order valence-corrected chi connectivity index (χ1v) is 6.16. The number of hydrogen-bond donors (Lipinski definition) is 0. The van der Waals surface area contributed by atoms with Crippen molar-refractivity contribution in [3.63, 3.8) is 0 Å².